The number of nitrogens with one attached hydrogen (secondary N) is 2. The predicted octanol–water partition coefficient (Wildman–Crippen LogP) is 2.35. The van der Waals surface area contributed by atoms with Crippen LogP contribution < -0.4 is 10.6 Å². The zero-order valence-corrected chi connectivity index (χ0v) is 12.6. The first kappa shape index (κ1) is 15.8. The molecule has 2 aliphatic rings. The normalized spacial score (nSPS) is 28.7. The molecule has 1 saturated carbocycles. The van der Waals surface area contributed by atoms with Crippen LogP contribution in [0.4, 0.5) is 0 Å². The second-order valence-electron chi connectivity index (χ2n) is 6.50. The topological polar surface area (TPSA) is 41.1 Å². The third kappa shape index (κ3) is 3.39. The Morgan fingerprint density at radius 2 is 2.00 bits per heavy atom. The minimum Gasteiger partial charge on any atom is -0.353 e. The van der Waals surface area contributed by atoms with E-state index in [4.69, 9.17) is 0 Å². The number of hydrogen-bond acceptors (Lipinski definition) is 2. The molecular weight excluding hydrogens is 248 g/mol. The molecular formula is C14H27ClN2O. The van der Waals surface area contributed by atoms with E-state index in [0.29, 0.717) is 12.0 Å². The molecule has 106 valence electrons. The van der Waals surface area contributed by atoms with Crippen LogP contribution in [0.25, 0.3) is 0 Å². The molecule has 0 spiro atoms. The first-order chi connectivity index (χ1) is 8.00. The molecule has 0 aromatic heterocycles. The Hall–Kier alpha value is -0.280. The van der Waals surface area contributed by atoms with Crippen LogP contribution >= 0.6 is 12.4 Å². The van der Waals surface area contributed by atoms with Gasteiger partial charge in [-0.1, -0.05) is 33.6 Å². The number of carbonyl (C=O) groups is 1. The summed E-state index contributed by atoms with van der Waals surface area (Å²) in [4.78, 5) is 12.2. The fourth-order valence-electron chi connectivity index (χ4n) is 2.94. The monoisotopic (exact) mass is 274 g/mol. The van der Waals surface area contributed by atoms with Crippen LogP contribution in [0.2, 0.25) is 0 Å². The lowest BCUT2D eigenvalue weighted by atomic mass is 9.73. The van der Waals surface area contributed by atoms with E-state index in [0.717, 1.165) is 19.5 Å². The zero-order valence-electron chi connectivity index (χ0n) is 11.8. The van der Waals surface area contributed by atoms with Crippen molar-refractivity contribution in [3.8, 4) is 0 Å². The van der Waals surface area contributed by atoms with Crippen LogP contribution in [0.3, 0.4) is 0 Å². The summed E-state index contributed by atoms with van der Waals surface area (Å²) >= 11 is 0. The van der Waals surface area contributed by atoms with Gasteiger partial charge in [-0.3, -0.25) is 4.79 Å². The summed E-state index contributed by atoms with van der Waals surface area (Å²) in [6.45, 7) is 8.64. The molecule has 1 heterocycles. The molecule has 2 atom stereocenters. The van der Waals surface area contributed by atoms with Crippen molar-refractivity contribution in [2.24, 2.45) is 17.3 Å². The molecule has 0 aromatic rings. The van der Waals surface area contributed by atoms with Gasteiger partial charge in [0.2, 0.25) is 5.91 Å². The highest BCUT2D eigenvalue weighted by Crippen LogP contribution is 2.35. The Morgan fingerprint density at radius 1 is 1.33 bits per heavy atom. The van der Waals surface area contributed by atoms with E-state index in [1.807, 2.05) is 0 Å². The molecule has 2 rings (SSSR count). The van der Waals surface area contributed by atoms with Gasteiger partial charge in [-0.15, -0.1) is 12.4 Å². The molecule has 1 saturated heterocycles. The van der Waals surface area contributed by atoms with Crippen LogP contribution in [0, 0.1) is 17.3 Å². The van der Waals surface area contributed by atoms with Crippen molar-refractivity contribution in [2.45, 2.75) is 52.5 Å². The van der Waals surface area contributed by atoms with Crippen LogP contribution in [0.1, 0.15) is 46.5 Å². The molecule has 1 aliphatic heterocycles. The summed E-state index contributed by atoms with van der Waals surface area (Å²) in [7, 11) is 0. The molecule has 3 nitrogen and oxygen atoms in total. The molecule has 1 amide bonds. The summed E-state index contributed by atoms with van der Waals surface area (Å²) in [5.41, 5.74) is 0.269. The molecule has 2 fully saturated rings. The van der Waals surface area contributed by atoms with Crippen molar-refractivity contribution >= 4 is 18.3 Å². The van der Waals surface area contributed by atoms with E-state index in [2.05, 4.69) is 31.4 Å². The summed E-state index contributed by atoms with van der Waals surface area (Å²) in [5, 5.41) is 6.53. The van der Waals surface area contributed by atoms with Gasteiger partial charge in [-0.05, 0) is 37.3 Å². The van der Waals surface area contributed by atoms with Gasteiger partial charge in [0.05, 0.1) is 0 Å². The minimum atomic E-state index is 0. The third-order valence-corrected chi connectivity index (χ3v) is 4.76. The van der Waals surface area contributed by atoms with Crippen molar-refractivity contribution in [1.82, 2.24) is 10.6 Å². The number of carbonyl (C=O) groups excluding carboxylic acids is 1. The SMILES string of the molecule is CC(C(=O)NC1CCCCC1(C)C)C1CNC1.Cl. The summed E-state index contributed by atoms with van der Waals surface area (Å²) in [6.07, 6.45) is 4.95. The van der Waals surface area contributed by atoms with E-state index in [1.165, 1.54) is 19.3 Å². The Kier molecular flexibility index (Phi) is 5.47. The molecule has 4 heteroatoms. The van der Waals surface area contributed by atoms with E-state index in [1.54, 1.807) is 0 Å². The second kappa shape index (κ2) is 6.25. The molecule has 2 unspecified atom stereocenters. The average Bonchev–Trinajstić information content (AvgIpc) is 2.18. The maximum atomic E-state index is 12.2. The van der Waals surface area contributed by atoms with Crippen LogP contribution in [0.15, 0.2) is 0 Å². The highest BCUT2D eigenvalue weighted by molar-refractivity contribution is 5.85. The quantitative estimate of drug-likeness (QED) is 0.830. The lowest BCUT2D eigenvalue weighted by Crippen LogP contribution is -2.53. The van der Waals surface area contributed by atoms with Crippen LogP contribution in [-0.4, -0.2) is 25.0 Å². The van der Waals surface area contributed by atoms with E-state index in [9.17, 15) is 4.79 Å². The first-order valence-corrected chi connectivity index (χ1v) is 7.02. The molecule has 2 N–H and O–H groups in total. The summed E-state index contributed by atoms with van der Waals surface area (Å²) in [5.74, 6) is 0.965. The highest BCUT2D eigenvalue weighted by Gasteiger charge is 2.36. The van der Waals surface area contributed by atoms with Gasteiger partial charge in [0.1, 0.15) is 0 Å². The third-order valence-electron chi connectivity index (χ3n) is 4.76. The number of hydrogen-bond donors (Lipinski definition) is 2. The van der Waals surface area contributed by atoms with Crippen molar-refractivity contribution in [3.63, 3.8) is 0 Å². The summed E-state index contributed by atoms with van der Waals surface area (Å²) < 4.78 is 0. The van der Waals surface area contributed by atoms with Gasteiger partial charge in [-0.2, -0.15) is 0 Å². The summed E-state index contributed by atoms with van der Waals surface area (Å²) in [6, 6.07) is 0.374. The highest BCUT2D eigenvalue weighted by atomic mass is 35.5. The molecule has 18 heavy (non-hydrogen) atoms. The van der Waals surface area contributed by atoms with Gasteiger partial charge < -0.3 is 10.6 Å². The molecule has 1 aliphatic carbocycles. The van der Waals surface area contributed by atoms with Gasteiger partial charge in [0.25, 0.3) is 0 Å². The Labute approximate surface area is 117 Å². The minimum absolute atomic E-state index is 0. The van der Waals surface area contributed by atoms with Crippen LogP contribution in [0.5, 0.6) is 0 Å². The van der Waals surface area contributed by atoms with Gasteiger partial charge in [0, 0.05) is 12.0 Å². The van der Waals surface area contributed by atoms with Gasteiger partial charge >= 0.3 is 0 Å². The first-order valence-electron chi connectivity index (χ1n) is 7.02. The number of rotatable bonds is 3. The smallest absolute Gasteiger partial charge is 0.223 e. The number of halogens is 1. The second-order valence-corrected chi connectivity index (χ2v) is 6.50. The van der Waals surface area contributed by atoms with Crippen molar-refractivity contribution in [2.75, 3.05) is 13.1 Å². The Bertz CT molecular complexity index is 290. The van der Waals surface area contributed by atoms with Crippen molar-refractivity contribution in [1.29, 1.82) is 0 Å². The zero-order chi connectivity index (χ0) is 12.5. The fourth-order valence-corrected chi connectivity index (χ4v) is 2.94. The maximum absolute atomic E-state index is 12.2. The molecule has 0 aromatic carbocycles. The van der Waals surface area contributed by atoms with E-state index in [-0.39, 0.29) is 29.6 Å². The maximum Gasteiger partial charge on any atom is 0.223 e. The van der Waals surface area contributed by atoms with Crippen molar-refractivity contribution in [3.05, 3.63) is 0 Å². The lowest BCUT2D eigenvalue weighted by Gasteiger charge is -2.40. The average molecular weight is 275 g/mol. The molecule has 0 bridgehead atoms. The van der Waals surface area contributed by atoms with E-state index >= 15 is 0 Å². The van der Waals surface area contributed by atoms with E-state index < -0.39 is 0 Å². The van der Waals surface area contributed by atoms with Gasteiger partial charge in [0.15, 0.2) is 0 Å². The predicted molar refractivity (Wildman–Crippen MR) is 77.0 cm³/mol. The Morgan fingerprint density at radius 3 is 2.50 bits per heavy atom. The standard InChI is InChI=1S/C14H26N2O.ClH/c1-10(11-8-15-9-11)13(17)16-12-6-4-5-7-14(12,2)3;/h10-12,15H,4-9H2,1-3H3,(H,16,17);1H. The molecule has 0 radical (unpaired) electrons. The Balaban J connectivity index is 0.00000162. The van der Waals surface area contributed by atoms with Crippen molar-refractivity contribution < 1.29 is 4.79 Å². The van der Waals surface area contributed by atoms with Gasteiger partial charge in [-0.25, -0.2) is 0 Å². The largest absolute Gasteiger partial charge is 0.353 e. The van der Waals surface area contributed by atoms with Crippen LogP contribution in [-0.2, 0) is 4.79 Å². The lowest BCUT2D eigenvalue weighted by molar-refractivity contribution is -0.128. The number of amides is 1. The fraction of sp³-hybridized carbons (Fsp3) is 0.929.